The molecule has 0 saturated heterocycles. The fourth-order valence-electron chi connectivity index (χ4n) is 2.81. The lowest BCUT2D eigenvalue weighted by molar-refractivity contribution is 0.0703. The molecule has 1 unspecified atom stereocenters. The van der Waals surface area contributed by atoms with Crippen molar-refractivity contribution in [2.75, 3.05) is 16.3 Å². The van der Waals surface area contributed by atoms with Gasteiger partial charge < -0.3 is 20.3 Å². The minimum atomic E-state index is -3.38. The molecule has 0 bridgehead atoms. The number of fused-ring (bicyclic) bond motifs is 1. The van der Waals surface area contributed by atoms with E-state index in [9.17, 15) is 18.6 Å². The first-order chi connectivity index (χ1) is 11.5. The highest BCUT2D eigenvalue weighted by molar-refractivity contribution is 7.92. The zero-order chi connectivity index (χ0) is 18.4. The van der Waals surface area contributed by atoms with Crippen molar-refractivity contribution in [1.29, 1.82) is 0 Å². The molecule has 0 radical (unpaired) electrons. The predicted octanol–water partition coefficient (Wildman–Crippen LogP) is 1.92. The summed E-state index contributed by atoms with van der Waals surface area (Å²) < 4.78 is 32.6. The molecule has 2 aromatic rings. The van der Waals surface area contributed by atoms with E-state index in [0.29, 0.717) is 17.1 Å². The molecule has 9 heteroatoms. The van der Waals surface area contributed by atoms with Crippen molar-refractivity contribution < 1.29 is 23.4 Å². The zero-order valence-corrected chi connectivity index (χ0v) is 15.0. The Bertz CT molecular complexity index is 885. The summed E-state index contributed by atoms with van der Waals surface area (Å²) in [7, 11) is -3.38. The number of anilines is 2. The van der Waals surface area contributed by atoms with Crippen molar-refractivity contribution >= 4 is 21.4 Å². The molecule has 25 heavy (non-hydrogen) atoms. The van der Waals surface area contributed by atoms with Crippen LogP contribution in [-0.2, 0) is 16.6 Å². The van der Waals surface area contributed by atoms with Crippen LogP contribution in [0.1, 0.15) is 13.8 Å². The van der Waals surface area contributed by atoms with E-state index in [1.807, 2.05) is 13.8 Å². The fourth-order valence-corrected chi connectivity index (χ4v) is 3.36. The number of aromatic hydroxyl groups is 2. The molecular weight excluding hydrogens is 346 g/mol. The van der Waals surface area contributed by atoms with Crippen LogP contribution >= 0.6 is 0 Å². The number of rotatable bonds is 4. The van der Waals surface area contributed by atoms with E-state index >= 15 is 0 Å². The van der Waals surface area contributed by atoms with Crippen molar-refractivity contribution in [1.82, 2.24) is 4.57 Å². The molecule has 0 spiro atoms. The minimum absolute atomic E-state index is 0.0478. The largest absolute Gasteiger partial charge is 0.494 e. The first-order valence-electron chi connectivity index (χ1n) is 7.70. The van der Waals surface area contributed by atoms with Gasteiger partial charge in [-0.3, -0.25) is 9.29 Å². The number of sulfonamides is 1. The Labute approximate surface area is 146 Å². The number of hydrogen-bond donors (Lipinski definition) is 4. The smallest absolute Gasteiger partial charge is 0.229 e. The Morgan fingerprint density at radius 3 is 2.48 bits per heavy atom. The molecule has 3 rings (SSSR count). The lowest BCUT2D eigenvalue weighted by Gasteiger charge is -2.41. The summed E-state index contributed by atoms with van der Waals surface area (Å²) >= 11 is 0. The van der Waals surface area contributed by atoms with Gasteiger partial charge in [0.1, 0.15) is 11.4 Å². The van der Waals surface area contributed by atoms with Gasteiger partial charge in [-0.1, -0.05) is 0 Å². The molecule has 1 aliphatic rings. The van der Waals surface area contributed by atoms with E-state index in [4.69, 9.17) is 4.74 Å². The third kappa shape index (κ3) is 3.60. The predicted molar refractivity (Wildman–Crippen MR) is 94.8 cm³/mol. The summed E-state index contributed by atoms with van der Waals surface area (Å²) in [6, 6.07) is 7.51. The van der Waals surface area contributed by atoms with Crippen LogP contribution in [0.5, 0.6) is 17.5 Å². The molecule has 8 nitrogen and oxygen atoms in total. The Hall–Kier alpha value is -2.55. The van der Waals surface area contributed by atoms with E-state index in [2.05, 4.69) is 10.0 Å². The Morgan fingerprint density at radius 2 is 1.88 bits per heavy atom. The maximum absolute atomic E-state index is 11.4. The van der Waals surface area contributed by atoms with Gasteiger partial charge in [0, 0.05) is 12.1 Å². The summed E-state index contributed by atoms with van der Waals surface area (Å²) in [5.41, 5.74) is 0.425. The summed E-state index contributed by atoms with van der Waals surface area (Å²) in [5.74, 6) is 0.503. The molecule has 0 amide bonds. The maximum Gasteiger partial charge on any atom is 0.229 e. The van der Waals surface area contributed by atoms with Crippen LogP contribution in [0.3, 0.4) is 0 Å². The Morgan fingerprint density at radius 1 is 1.24 bits per heavy atom. The van der Waals surface area contributed by atoms with Crippen molar-refractivity contribution in [3.63, 3.8) is 0 Å². The first kappa shape index (κ1) is 17.3. The van der Waals surface area contributed by atoms with Gasteiger partial charge in [-0.15, -0.1) is 0 Å². The number of hydrogen-bond acceptors (Lipinski definition) is 6. The molecule has 0 saturated carbocycles. The fraction of sp³-hybridized carbons (Fsp3) is 0.375. The molecule has 4 N–H and O–H groups in total. The normalized spacial score (nSPS) is 18.8. The molecule has 0 aliphatic carbocycles. The van der Waals surface area contributed by atoms with Gasteiger partial charge in [0.2, 0.25) is 10.0 Å². The minimum Gasteiger partial charge on any atom is -0.494 e. The maximum atomic E-state index is 11.4. The highest BCUT2D eigenvalue weighted by Crippen LogP contribution is 2.39. The third-order valence-corrected chi connectivity index (χ3v) is 4.73. The summed E-state index contributed by atoms with van der Waals surface area (Å²) in [6.45, 7) is 4.06. The standard InChI is InChI=1S/C16H21N3O5S/c1-16(2)13(9-19-14(20)6-7-15(19)21)17-11-8-10(18-25(3,22)23)4-5-12(11)24-16/h4-8,13,17-18,20-21H,9H2,1-3H3. The number of nitrogens with one attached hydrogen (secondary N) is 2. The second kappa shape index (κ2) is 5.76. The SMILES string of the molecule is CC1(C)Oc2ccc(NS(C)(=O)=O)cc2NC1Cn1c(O)ccc1O. The second-order valence-electron chi connectivity index (χ2n) is 6.65. The highest BCUT2D eigenvalue weighted by Gasteiger charge is 2.37. The van der Waals surface area contributed by atoms with Crippen LogP contribution < -0.4 is 14.8 Å². The van der Waals surface area contributed by atoms with Crippen LogP contribution in [0.15, 0.2) is 30.3 Å². The first-order valence-corrected chi connectivity index (χ1v) is 9.59. The van der Waals surface area contributed by atoms with Crippen molar-refractivity contribution in [2.45, 2.75) is 32.0 Å². The molecule has 1 aromatic heterocycles. The van der Waals surface area contributed by atoms with E-state index < -0.39 is 15.6 Å². The van der Waals surface area contributed by atoms with Crippen LogP contribution in [0.4, 0.5) is 11.4 Å². The van der Waals surface area contributed by atoms with Crippen LogP contribution in [0, 0.1) is 0 Å². The molecule has 1 aliphatic heterocycles. The topological polar surface area (TPSA) is 113 Å². The van der Waals surface area contributed by atoms with Crippen LogP contribution in [0.2, 0.25) is 0 Å². The molecule has 0 fully saturated rings. The lowest BCUT2D eigenvalue weighted by atomic mass is 9.95. The number of aromatic nitrogens is 1. The molecule has 1 atom stereocenters. The monoisotopic (exact) mass is 367 g/mol. The van der Waals surface area contributed by atoms with E-state index in [1.54, 1.807) is 18.2 Å². The van der Waals surface area contributed by atoms with E-state index in [0.717, 1.165) is 6.26 Å². The van der Waals surface area contributed by atoms with Gasteiger partial charge in [-0.05, 0) is 32.0 Å². The van der Waals surface area contributed by atoms with Crippen LogP contribution in [-0.4, -0.2) is 41.1 Å². The number of ether oxygens (including phenoxy) is 1. The molecule has 1 aromatic carbocycles. The van der Waals surface area contributed by atoms with Gasteiger partial charge in [0.25, 0.3) is 0 Å². The van der Waals surface area contributed by atoms with E-state index in [1.165, 1.54) is 16.7 Å². The van der Waals surface area contributed by atoms with Gasteiger partial charge >= 0.3 is 0 Å². The quantitative estimate of drug-likeness (QED) is 0.657. The van der Waals surface area contributed by atoms with E-state index in [-0.39, 0.29) is 24.3 Å². The third-order valence-electron chi connectivity index (χ3n) is 4.12. The van der Waals surface area contributed by atoms with Gasteiger partial charge in [0.15, 0.2) is 11.8 Å². The van der Waals surface area contributed by atoms with Gasteiger partial charge in [-0.2, -0.15) is 0 Å². The Kier molecular flexibility index (Phi) is 3.98. The molecule has 136 valence electrons. The number of benzene rings is 1. The van der Waals surface area contributed by atoms with Crippen molar-refractivity contribution in [2.24, 2.45) is 0 Å². The highest BCUT2D eigenvalue weighted by atomic mass is 32.2. The average molecular weight is 367 g/mol. The lowest BCUT2D eigenvalue weighted by Crippen LogP contribution is -2.51. The summed E-state index contributed by atoms with van der Waals surface area (Å²) in [6.07, 6.45) is 1.08. The second-order valence-corrected chi connectivity index (χ2v) is 8.40. The van der Waals surface area contributed by atoms with Crippen LogP contribution in [0.25, 0.3) is 0 Å². The van der Waals surface area contributed by atoms with Crippen molar-refractivity contribution in [3.8, 4) is 17.5 Å². The van der Waals surface area contributed by atoms with Gasteiger partial charge in [-0.25, -0.2) is 8.42 Å². The Balaban J connectivity index is 1.90. The molecule has 2 heterocycles. The average Bonchev–Trinajstić information content (AvgIpc) is 2.78. The van der Waals surface area contributed by atoms with Crippen molar-refractivity contribution in [3.05, 3.63) is 30.3 Å². The molecular formula is C16H21N3O5S. The van der Waals surface area contributed by atoms with Gasteiger partial charge in [0.05, 0.1) is 30.2 Å². The zero-order valence-electron chi connectivity index (χ0n) is 14.1. The number of nitrogens with zero attached hydrogens (tertiary/aromatic N) is 1. The summed E-state index contributed by atoms with van der Waals surface area (Å²) in [5, 5.41) is 23.0. The summed E-state index contributed by atoms with van der Waals surface area (Å²) in [4.78, 5) is 0.